The third-order valence-corrected chi connectivity index (χ3v) is 3.44. The van der Waals surface area contributed by atoms with E-state index in [0.29, 0.717) is 12.5 Å². The SMILES string of the molecule is CN(CC1CCCNC1)C(=O)c1cc(F)ccc1F. The van der Waals surface area contributed by atoms with Crippen molar-refractivity contribution in [1.29, 1.82) is 0 Å². The second-order valence-electron chi connectivity index (χ2n) is 5.02. The highest BCUT2D eigenvalue weighted by molar-refractivity contribution is 5.94. The lowest BCUT2D eigenvalue weighted by molar-refractivity contribution is 0.0759. The fourth-order valence-electron chi connectivity index (χ4n) is 2.42. The molecule has 0 bridgehead atoms. The summed E-state index contributed by atoms with van der Waals surface area (Å²) in [6.45, 7) is 2.43. The van der Waals surface area contributed by atoms with E-state index >= 15 is 0 Å². The molecule has 0 saturated carbocycles. The Morgan fingerprint density at radius 2 is 2.26 bits per heavy atom. The van der Waals surface area contributed by atoms with Crippen molar-refractivity contribution in [2.24, 2.45) is 5.92 Å². The molecule has 1 unspecified atom stereocenters. The maximum atomic E-state index is 13.5. The minimum atomic E-state index is -0.681. The smallest absolute Gasteiger partial charge is 0.256 e. The number of nitrogens with zero attached hydrogens (tertiary/aromatic N) is 1. The zero-order chi connectivity index (χ0) is 13.8. The van der Waals surface area contributed by atoms with Crippen LogP contribution in [0.1, 0.15) is 23.2 Å². The molecule has 1 amide bonds. The average Bonchev–Trinajstić information content (AvgIpc) is 2.42. The number of carbonyl (C=O) groups is 1. The molecule has 0 aromatic heterocycles. The monoisotopic (exact) mass is 268 g/mol. The van der Waals surface area contributed by atoms with E-state index in [0.717, 1.165) is 44.1 Å². The van der Waals surface area contributed by atoms with E-state index in [1.165, 1.54) is 4.90 Å². The lowest BCUT2D eigenvalue weighted by Gasteiger charge is -2.27. The molecule has 1 aromatic rings. The summed E-state index contributed by atoms with van der Waals surface area (Å²) in [5.74, 6) is -1.38. The first-order valence-corrected chi connectivity index (χ1v) is 6.49. The second-order valence-corrected chi connectivity index (χ2v) is 5.02. The van der Waals surface area contributed by atoms with Crippen LogP contribution in [0.25, 0.3) is 0 Å². The van der Waals surface area contributed by atoms with Crippen LogP contribution in [-0.2, 0) is 0 Å². The van der Waals surface area contributed by atoms with Gasteiger partial charge in [0.1, 0.15) is 11.6 Å². The van der Waals surface area contributed by atoms with E-state index in [4.69, 9.17) is 0 Å². The lowest BCUT2D eigenvalue weighted by atomic mass is 9.99. The standard InChI is InChI=1S/C14H18F2N2O/c1-18(9-10-3-2-6-17-8-10)14(19)12-7-11(15)4-5-13(12)16/h4-5,7,10,17H,2-3,6,8-9H2,1H3. The molecule has 3 nitrogen and oxygen atoms in total. The Labute approximate surface area is 111 Å². The first-order valence-electron chi connectivity index (χ1n) is 6.49. The van der Waals surface area contributed by atoms with Gasteiger partial charge in [-0.1, -0.05) is 0 Å². The largest absolute Gasteiger partial charge is 0.341 e. The predicted molar refractivity (Wildman–Crippen MR) is 68.9 cm³/mol. The molecule has 5 heteroatoms. The van der Waals surface area contributed by atoms with Crippen LogP contribution in [0.3, 0.4) is 0 Å². The molecule has 19 heavy (non-hydrogen) atoms. The van der Waals surface area contributed by atoms with Crippen molar-refractivity contribution in [3.05, 3.63) is 35.4 Å². The van der Waals surface area contributed by atoms with E-state index in [1.54, 1.807) is 7.05 Å². The summed E-state index contributed by atoms with van der Waals surface area (Å²) in [6, 6.07) is 2.95. The molecular weight excluding hydrogens is 250 g/mol. The number of rotatable bonds is 3. The minimum absolute atomic E-state index is 0.203. The fraction of sp³-hybridized carbons (Fsp3) is 0.500. The van der Waals surface area contributed by atoms with Gasteiger partial charge in [-0.15, -0.1) is 0 Å². The molecule has 1 aliphatic rings. The molecule has 1 heterocycles. The average molecular weight is 268 g/mol. The summed E-state index contributed by atoms with van der Waals surface area (Å²) < 4.78 is 26.6. The predicted octanol–water partition coefficient (Wildman–Crippen LogP) is 2.04. The van der Waals surface area contributed by atoms with Gasteiger partial charge in [-0.3, -0.25) is 4.79 Å². The number of amides is 1. The van der Waals surface area contributed by atoms with Crippen LogP contribution in [0.2, 0.25) is 0 Å². The van der Waals surface area contributed by atoms with Gasteiger partial charge in [0.15, 0.2) is 0 Å². The van der Waals surface area contributed by atoms with Crippen LogP contribution in [0, 0.1) is 17.6 Å². The van der Waals surface area contributed by atoms with Crippen molar-refractivity contribution in [1.82, 2.24) is 10.2 Å². The first kappa shape index (κ1) is 13.9. The summed E-state index contributed by atoms with van der Waals surface area (Å²) in [6.07, 6.45) is 2.14. The zero-order valence-corrected chi connectivity index (χ0v) is 11.0. The highest BCUT2D eigenvalue weighted by Crippen LogP contribution is 2.15. The molecule has 1 aliphatic heterocycles. The van der Waals surface area contributed by atoms with Crippen LogP contribution < -0.4 is 5.32 Å². The zero-order valence-electron chi connectivity index (χ0n) is 11.0. The van der Waals surface area contributed by atoms with Crippen molar-refractivity contribution in [3.8, 4) is 0 Å². The van der Waals surface area contributed by atoms with Gasteiger partial charge >= 0.3 is 0 Å². The Kier molecular flexibility index (Phi) is 4.47. The van der Waals surface area contributed by atoms with Gasteiger partial charge in [-0.05, 0) is 50.0 Å². The summed E-state index contributed by atoms with van der Waals surface area (Å²) in [7, 11) is 1.63. The number of piperidine rings is 1. The molecule has 1 N–H and O–H groups in total. The summed E-state index contributed by atoms with van der Waals surface area (Å²) in [4.78, 5) is 13.6. The Bertz CT molecular complexity index is 459. The molecular formula is C14H18F2N2O. The van der Waals surface area contributed by atoms with Crippen molar-refractivity contribution in [2.75, 3.05) is 26.7 Å². The van der Waals surface area contributed by atoms with Gasteiger partial charge in [-0.2, -0.15) is 0 Å². The van der Waals surface area contributed by atoms with Crippen molar-refractivity contribution in [2.45, 2.75) is 12.8 Å². The Hall–Kier alpha value is -1.49. The van der Waals surface area contributed by atoms with Gasteiger partial charge in [0.2, 0.25) is 0 Å². The van der Waals surface area contributed by atoms with Crippen molar-refractivity contribution >= 4 is 5.91 Å². The van der Waals surface area contributed by atoms with Crippen LogP contribution >= 0.6 is 0 Å². The Morgan fingerprint density at radius 3 is 2.95 bits per heavy atom. The third-order valence-electron chi connectivity index (χ3n) is 3.44. The number of halogens is 2. The van der Waals surface area contributed by atoms with E-state index in [-0.39, 0.29) is 5.56 Å². The highest BCUT2D eigenvalue weighted by atomic mass is 19.1. The van der Waals surface area contributed by atoms with E-state index in [1.807, 2.05) is 0 Å². The number of carbonyl (C=O) groups excluding carboxylic acids is 1. The van der Waals surface area contributed by atoms with E-state index in [9.17, 15) is 13.6 Å². The maximum absolute atomic E-state index is 13.5. The van der Waals surface area contributed by atoms with Gasteiger partial charge in [0, 0.05) is 13.6 Å². The number of benzene rings is 1. The molecule has 0 radical (unpaired) electrons. The quantitative estimate of drug-likeness (QED) is 0.910. The molecule has 2 rings (SSSR count). The molecule has 104 valence electrons. The van der Waals surface area contributed by atoms with Gasteiger partial charge < -0.3 is 10.2 Å². The Balaban J connectivity index is 2.03. The summed E-state index contributed by atoms with van der Waals surface area (Å²) in [5, 5.41) is 3.27. The molecule has 1 fully saturated rings. The third kappa shape index (κ3) is 3.50. The van der Waals surface area contributed by atoms with Crippen LogP contribution in [0.5, 0.6) is 0 Å². The van der Waals surface area contributed by atoms with E-state index < -0.39 is 17.5 Å². The van der Waals surface area contributed by atoms with Crippen molar-refractivity contribution in [3.63, 3.8) is 0 Å². The fourth-order valence-corrected chi connectivity index (χ4v) is 2.42. The lowest BCUT2D eigenvalue weighted by Crippen LogP contribution is -2.39. The van der Waals surface area contributed by atoms with Crippen LogP contribution in [0.4, 0.5) is 8.78 Å². The molecule has 1 saturated heterocycles. The van der Waals surface area contributed by atoms with Gasteiger partial charge in [0.25, 0.3) is 5.91 Å². The van der Waals surface area contributed by atoms with E-state index in [2.05, 4.69) is 5.32 Å². The number of nitrogens with one attached hydrogen (secondary N) is 1. The summed E-state index contributed by atoms with van der Waals surface area (Å²) in [5.41, 5.74) is -0.203. The van der Waals surface area contributed by atoms with Crippen molar-refractivity contribution < 1.29 is 13.6 Å². The molecule has 0 aliphatic carbocycles. The maximum Gasteiger partial charge on any atom is 0.256 e. The first-order chi connectivity index (χ1) is 9.08. The second kappa shape index (κ2) is 6.10. The normalized spacial score (nSPS) is 19.2. The van der Waals surface area contributed by atoms with Gasteiger partial charge in [-0.25, -0.2) is 8.78 Å². The minimum Gasteiger partial charge on any atom is -0.341 e. The Morgan fingerprint density at radius 1 is 1.47 bits per heavy atom. The van der Waals surface area contributed by atoms with Gasteiger partial charge in [0.05, 0.1) is 5.56 Å². The van der Waals surface area contributed by atoms with Crippen LogP contribution in [-0.4, -0.2) is 37.5 Å². The summed E-state index contributed by atoms with van der Waals surface area (Å²) >= 11 is 0. The molecule has 1 atom stereocenters. The molecule has 0 spiro atoms. The topological polar surface area (TPSA) is 32.3 Å². The number of hydrogen-bond acceptors (Lipinski definition) is 2. The molecule has 1 aromatic carbocycles. The number of hydrogen-bond donors (Lipinski definition) is 1. The highest BCUT2D eigenvalue weighted by Gasteiger charge is 2.21. The van der Waals surface area contributed by atoms with Crippen LogP contribution in [0.15, 0.2) is 18.2 Å².